The van der Waals surface area contributed by atoms with E-state index in [1.165, 1.54) is 18.7 Å². The molecule has 310 valence electrons. The van der Waals surface area contributed by atoms with Crippen molar-refractivity contribution in [3.63, 3.8) is 0 Å². The number of carbonyl (C=O) groups is 6. The van der Waals surface area contributed by atoms with Crippen molar-refractivity contribution in [3.05, 3.63) is 84.2 Å². The summed E-state index contributed by atoms with van der Waals surface area (Å²) in [4.78, 5) is 91.3. The maximum atomic E-state index is 15.9. The Balaban J connectivity index is 1.85. The maximum Gasteiger partial charge on any atom is 0.408 e. The zero-order valence-electron chi connectivity index (χ0n) is 33.4. The second kappa shape index (κ2) is 21.0. The van der Waals surface area contributed by atoms with E-state index in [1.807, 2.05) is 0 Å². The van der Waals surface area contributed by atoms with Gasteiger partial charge in [0, 0.05) is 30.9 Å². The highest BCUT2D eigenvalue weighted by molar-refractivity contribution is 6.11. The van der Waals surface area contributed by atoms with Crippen molar-refractivity contribution in [2.75, 3.05) is 0 Å². The van der Waals surface area contributed by atoms with Gasteiger partial charge in [-0.3, -0.25) is 29.0 Å². The predicted molar refractivity (Wildman–Crippen MR) is 206 cm³/mol. The summed E-state index contributed by atoms with van der Waals surface area (Å²) in [7, 11) is 0. The van der Waals surface area contributed by atoms with Gasteiger partial charge in [0.1, 0.15) is 23.7 Å². The number of nitrogens with zero attached hydrogens (tertiary/aromatic N) is 2. The highest BCUT2D eigenvalue weighted by atomic mass is 19.3. The first-order chi connectivity index (χ1) is 26.8. The first-order valence-electron chi connectivity index (χ1n) is 18.8. The highest BCUT2D eigenvalue weighted by Gasteiger charge is 2.52. The molecule has 0 aliphatic carbocycles. The largest absolute Gasteiger partial charge is 0.444 e. The Morgan fingerprint density at radius 3 is 2.00 bits per heavy atom. The Hall–Kier alpha value is -5.74. The fourth-order valence-corrected chi connectivity index (χ4v) is 5.64. The smallest absolute Gasteiger partial charge is 0.408 e. The van der Waals surface area contributed by atoms with Crippen LogP contribution in [-0.2, 0) is 48.1 Å². The molecule has 57 heavy (non-hydrogen) atoms. The van der Waals surface area contributed by atoms with Gasteiger partial charge < -0.3 is 36.3 Å². The summed E-state index contributed by atoms with van der Waals surface area (Å²) in [6.45, 7) is 11.5. The summed E-state index contributed by atoms with van der Waals surface area (Å²) < 4.78 is 37.1. The van der Waals surface area contributed by atoms with E-state index in [2.05, 4.69) is 41.5 Å². The monoisotopic (exact) mass is 796 g/mol. The number of hydrogen-bond donors (Lipinski definition) is 6. The zero-order valence-corrected chi connectivity index (χ0v) is 33.4. The first-order valence-corrected chi connectivity index (χ1v) is 18.8. The second-order valence-corrected chi connectivity index (χ2v) is 15.2. The van der Waals surface area contributed by atoms with Gasteiger partial charge in [-0.2, -0.15) is 8.78 Å². The van der Waals surface area contributed by atoms with Crippen molar-refractivity contribution >= 4 is 35.5 Å². The van der Waals surface area contributed by atoms with Crippen molar-refractivity contribution in [3.8, 4) is 0 Å². The third-order valence-electron chi connectivity index (χ3n) is 8.79. The number of imidazole rings is 1. The molecule has 0 saturated heterocycles. The van der Waals surface area contributed by atoms with Gasteiger partial charge in [-0.05, 0) is 56.7 Å². The summed E-state index contributed by atoms with van der Waals surface area (Å²) >= 11 is 0. The molecule has 0 radical (unpaired) electrons. The fourth-order valence-electron chi connectivity index (χ4n) is 5.64. The van der Waals surface area contributed by atoms with Crippen molar-refractivity contribution in [1.29, 1.82) is 0 Å². The summed E-state index contributed by atoms with van der Waals surface area (Å²) in [6, 6.07) is 7.77. The van der Waals surface area contributed by atoms with Crippen LogP contribution in [-0.4, -0.2) is 86.1 Å². The number of nitrogens with one attached hydrogen (secondary N) is 6. The van der Waals surface area contributed by atoms with Crippen LogP contribution >= 0.6 is 0 Å². The molecule has 5 amide bonds. The lowest BCUT2D eigenvalue weighted by Gasteiger charge is -2.29. The van der Waals surface area contributed by atoms with E-state index in [4.69, 9.17) is 4.74 Å². The van der Waals surface area contributed by atoms with E-state index in [0.29, 0.717) is 23.4 Å². The van der Waals surface area contributed by atoms with Crippen LogP contribution in [0.25, 0.3) is 0 Å². The minimum atomic E-state index is -4.68. The van der Waals surface area contributed by atoms with E-state index < -0.39 is 83.0 Å². The Bertz CT molecular complexity index is 1790. The molecule has 0 aliphatic rings. The van der Waals surface area contributed by atoms with Crippen molar-refractivity contribution in [1.82, 2.24) is 41.5 Å². The van der Waals surface area contributed by atoms with Crippen molar-refractivity contribution in [2.45, 2.75) is 116 Å². The average molecular weight is 797 g/mol. The summed E-state index contributed by atoms with van der Waals surface area (Å²) in [6.07, 6.45) is 3.17. The molecule has 1 aromatic carbocycles. The van der Waals surface area contributed by atoms with Gasteiger partial charge in [0.2, 0.25) is 23.5 Å². The number of Topliss-reactive ketones (excluding diaryl/α,β-unsaturated/α-hetero) is 1. The number of H-pyrrole nitrogens is 1. The molecule has 0 saturated carbocycles. The number of carbonyl (C=O) groups excluding carboxylic acids is 6. The van der Waals surface area contributed by atoms with Gasteiger partial charge in [0.15, 0.2) is 0 Å². The average Bonchev–Trinajstić information content (AvgIpc) is 3.67. The molecule has 15 nitrogen and oxygen atoms in total. The van der Waals surface area contributed by atoms with Gasteiger partial charge in [-0.1, -0.05) is 70.5 Å². The number of alkyl halides is 2. The van der Waals surface area contributed by atoms with Crippen LogP contribution in [0.15, 0.2) is 67.3 Å². The quantitative estimate of drug-likeness (QED) is 0.0922. The third kappa shape index (κ3) is 14.7. The van der Waals surface area contributed by atoms with Crippen LogP contribution < -0.4 is 26.6 Å². The van der Waals surface area contributed by atoms with Crippen LogP contribution in [0.5, 0.6) is 0 Å². The number of hydrogen-bond acceptors (Lipinski definition) is 9. The SMILES string of the molecule is CC[C@H](C)[C@H](NC(=O)C(F)(F)C(=O)[C@H](CC(C)C)NC(=O)[C@H](Cc1cnc[nH]1)NC(=O)[C@H](Cc1ccccc1)NC(=O)OC(C)(C)C)C(=O)NCc1ccccn1. The molecular formula is C40H54F2N8O7. The number of ketones is 1. The van der Waals surface area contributed by atoms with Gasteiger partial charge in [0.05, 0.1) is 24.6 Å². The van der Waals surface area contributed by atoms with E-state index in [0.717, 1.165) is 0 Å². The van der Waals surface area contributed by atoms with Crippen molar-refractivity contribution < 1.29 is 42.3 Å². The molecule has 6 N–H and O–H groups in total. The Morgan fingerprint density at radius 2 is 1.44 bits per heavy atom. The fraction of sp³-hybridized carbons (Fsp3) is 0.500. The Kier molecular flexibility index (Phi) is 16.8. The number of aromatic nitrogens is 3. The third-order valence-corrected chi connectivity index (χ3v) is 8.79. The lowest BCUT2D eigenvalue weighted by Crippen LogP contribution is -2.61. The molecule has 2 aromatic heterocycles. The number of pyridine rings is 1. The number of aromatic amines is 1. The molecule has 0 spiro atoms. The van der Waals surface area contributed by atoms with E-state index in [1.54, 1.807) is 97.0 Å². The number of rotatable bonds is 20. The maximum absolute atomic E-state index is 15.9. The minimum Gasteiger partial charge on any atom is -0.444 e. The molecule has 5 atom stereocenters. The standard InChI is InChI=1S/C40H54F2N8O7/c1-8-25(4)32(36(54)45-22-27-16-12-13-17-44-27)50-37(55)40(41,42)33(51)29(18-24(2)3)47-35(53)31(20-28-21-43-23-46-28)48-34(52)30(19-26-14-10-9-11-15-26)49-38(56)57-39(5,6)7/h9-17,21,23-25,29-32H,8,18-20,22H2,1-7H3,(H,43,46)(H,45,54)(H,47,53)(H,48,52)(H,49,56)(H,50,55)/t25-,29-,30-,31-,32-/m0/s1. The van der Waals surface area contributed by atoms with Crippen LogP contribution in [0.2, 0.25) is 0 Å². The van der Waals surface area contributed by atoms with Gasteiger partial charge in [0.25, 0.3) is 5.91 Å². The lowest BCUT2D eigenvalue weighted by atomic mass is 9.94. The zero-order chi connectivity index (χ0) is 42.3. The van der Waals surface area contributed by atoms with E-state index in [9.17, 15) is 28.8 Å². The molecule has 3 aromatic rings. The van der Waals surface area contributed by atoms with E-state index >= 15 is 8.78 Å². The number of alkyl carbamates (subject to hydrolysis) is 1. The van der Waals surface area contributed by atoms with Crippen LogP contribution in [0.1, 0.15) is 78.3 Å². The normalized spacial score (nSPS) is 14.3. The molecular weight excluding hydrogens is 742 g/mol. The topological polar surface area (TPSA) is 213 Å². The molecule has 0 unspecified atom stereocenters. The minimum absolute atomic E-state index is 0.00107. The molecule has 2 heterocycles. The molecule has 17 heteroatoms. The van der Waals surface area contributed by atoms with Gasteiger partial charge in [-0.25, -0.2) is 9.78 Å². The van der Waals surface area contributed by atoms with Gasteiger partial charge >= 0.3 is 12.0 Å². The van der Waals surface area contributed by atoms with E-state index in [-0.39, 0.29) is 25.8 Å². The van der Waals surface area contributed by atoms with Crippen LogP contribution in [0.3, 0.4) is 0 Å². The number of halogens is 2. The summed E-state index contributed by atoms with van der Waals surface area (Å²) in [5.74, 6) is -12.2. The molecule has 0 bridgehead atoms. The highest BCUT2D eigenvalue weighted by Crippen LogP contribution is 2.22. The number of benzene rings is 1. The van der Waals surface area contributed by atoms with Crippen LogP contribution in [0, 0.1) is 11.8 Å². The second-order valence-electron chi connectivity index (χ2n) is 15.2. The Morgan fingerprint density at radius 1 is 0.807 bits per heavy atom. The predicted octanol–water partition coefficient (Wildman–Crippen LogP) is 3.55. The summed E-state index contributed by atoms with van der Waals surface area (Å²) in [5.41, 5.74) is 0.664. The molecule has 0 fully saturated rings. The number of ether oxygens (including phenoxy) is 1. The summed E-state index contributed by atoms with van der Waals surface area (Å²) in [5, 5.41) is 12.1. The lowest BCUT2D eigenvalue weighted by molar-refractivity contribution is -0.162. The van der Waals surface area contributed by atoms with Crippen LogP contribution in [0.4, 0.5) is 13.6 Å². The first kappa shape index (κ1) is 45.6. The van der Waals surface area contributed by atoms with Crippen molar-refractivity contribution in [2.24, 2.45) is 11.8 Å². The Labute approximate surface area is 331 Å². The molecule has 3 rings (SSSR count). The van der Waals surface area contributed by atoms with Gasteiger partial charge in [-0.15, -0.1) is 0 Å². The number of amides is 5. The molecule has 0 aliphatic heterocycles.